The molecule has 1 saturated carbocycles. The molecule has 1 aromatic rings. The van der Waals surface area contributed by atoms with Gasteiger partial charge in [0.15, 0.2) is 5.78 Å². The van der Waals surface area contributed by atoms with Gasteiger partial charge in [-0.05, 0) is 36.8 Å². The van der Waals surface area contributed by atoms with E-state index in [-0.39, 0.29) is 5.78 Å². The van der Waals surface area contributed by atoms with Gasteiger partial charge in [0, 0.05) is 5.56 Å². The van der Waals surface area contributed by atoms with E-state index in [9.17, 15) is 4.79 Å². The van der Waals surface area contributed by atoms with E-state index in [2.05, 4.69) is 19.9 Å². The van der Waals surface area contributed by atoms with Crippen LogP contribution < -0.4 is 5.73 Å². The number of benzene rings is 1. The van der Waals surface area contributed by atoms with Crippen LogP contribution in [0.15, 0.2) is 24.3 Å². The molecule has 19 heavy (non-hydrogen) atoms. The molecule has 0 aliphatic heterocycles. The molecular weight excluding hydrogens is 234 g/mol. The third kappa shape index (κ3) is 3.44. The maximum Gasteiger partial charge on any atom is 0.182 e. The summed E-state index contributed by atoms with van der Waals surface area (Å²) in [6, 6.07) is 8.03. The number of ketones is 1. The van der Waals surface area contributed by atoms with Gasteiger partial charge in [0.1, 0.15) is 0 Å². The summed E-state index contributed by atoms with van der Waals surface area (Å²) in [5, 5.41) is 0. The van der Waals surface area contributed by atoms with Crippen molar-refractivity contribution < 1.29 is 4.79 Å². The molecule has 1 aromatic carbocycles. The Morgan fingerprint density at radius 3 is 2.58 bits per heavy atom. The number of rotatable bonds is 4. The highest BCUT2D eigenvalue weighted by Crippen LogP contribution is 2.29. The molecule has 0 spiro atoms. The fourth-order valence-electron chi connectivity index (χ4n) is 3.01. The lowest BCUT2D eigenvalue weighted by Crippen LogP contribution is -2.49. The smallest absolute Gasteiger partial charge is 0.182 e. The van der Waals surface area contributed by atoms with Crippen LogP contribution in [0.2, 0.25) is 0 Å². The average Bonchev–Trinajstić information content (AvgIpc) is 2.38. The van der Waals surface area contributed by atoms with Crippen LogP contribution in [0.5, 0.6) is 0 Å². The Morgan fingerprint density at radius 2 is 1.95 bits per heavy atom. The molecule has 2 N–H and O–H groups in total. The van der Waals surface area contributed by atoms with E-state index >= 15 is 0 Å². The highest BCUT2D eigenvalue weighted by molar-refractivity contribution is 6.03. The van der Waals surface area contributed by atoms with E-state index in [0.29, 0.717) is 5.92 Å². The van der Waals surface area contributed by atoms with Crippen molar-refractivity contribution in [2.75, 3.05) is 0 Å². The van der Waals surface area contributed by atoms with Gasteiger partial charge in [0.25, 0.3) is 0 Å². The summed E-state index contributed by atoms with van der Waals surface area (Å²) in [5.41, 5.74) is 7.75. The van der Waals surface area contributed by atoms with E-state index in [1.165, 1.54) is 12.0 Å². The summed E-state index contributed by atoms with van der Waals surface area (Å²) in [6.45, 7) is 4.39. The van der Waals surface area contributed by atoms with Crippen molar-refractivity contribution in [1.29, 1.82) is 0 Å². The number of carbonyl (C=O) groups excluding carboxylic acids is 1. The predicted octanol–water partition coefficient (Wildman–Crippen LogP) is 3.73. The first kappa shape index (κ1) is 14.3. The normalized spacial score (nSPS) is 18.5. The molecule has 0 heterocycles. The molecule has 0 amide bonds. The molecule has 0 atom stereocenters. The summed E-state index contributed by atoms with van der Waals surface area (Å²) in [5.74, 6) is 0.740. The Morgan fingerprint density at radius 1 is 1.26 bits per heavy atom. The zero-order valence-electron chi connectivity index (χ0n) is 12.1. The largest absolute Gasteiger partial charge is 0.319 e. The Bertz CT molecular complexity index is 444. The van der Waals surface area contributed by atoms with E-state index in [4.69, 9.17) is 5.73 Å². The zero-order valence-corrected chi connectivity index (χ0v) is 12.1. The summed E-state index contributed by atoms with van der Waals surface area (Å²) < 4.78 is 0. The van der Waals surface area contributed by atoms with Crippen molar-refractivity contribution in [3.63, 3.8) is 0 Å². The molecule has 0 saturated heterocycles. The third-order valence-corrected chi connectivity index (χ3v) is 4.03. The molecule has 1 aliphatic carbocycles. The van der Waals surface area contributed by atoms with Crippen LogP contribution in [0, 0.1) is 5.92 Å². The topological polar surface area (TPSA) is 43.1 Å². The highest BCUT2D eigenvalue weighted by atomic mass is 16.1. The maximum absolute atomic E-state index is 12.6. The van der Waals surface area contributed by atoms with Gasteiger partial charge in [-0.15, -0.1) is 0 Å². The highest BCUT2D eigenvalue weighted by Gasteiger charge is 2.35. The van der Waals surface area contributed by atoms with Gasteiger partial charge in [-0.25, -0.2) is 0 Å². The lowest BCUT2D eigenvalue weighted by Gasteiger charge is -2.32. The minimum Gasteiger partial charge on any atom is -0.319 e. The molecule has 1 fully saturated rings. The van der Waals surface area contributed by atoms with E-state index in [0.717, 1.165) is 37.7 Å². The fraction of sp³-hybridized carbons (Fsp3) is 0.588. The molecule has 2 heteroatoms. The lowest BCUT2D eigenvalue weighted by molar-refractivity contribution is 0.0848. The quantitative estimate of drug-likeness (QED) is 0.837. The Kier molecular flexibility index (Phi) is 4.41. The van der Waals surface area contributed by atoms with Gasteiger partial charge in [-0.2, -0.15) is 0 Å². The van der Waals surface area contributed by atoms with Crippen molar-refractivity contribution >= 4 is 5.78 Å². The second kappa shape index (κ2) is 5.87. The molecule has 0 aromatic heterocycles. The minimum absolute atomic E-state index is 0.137. The molecule has 2 nitrogen and oxygen atoms in total. The number of carbonyl (C=O) groups is 1. The molecular formula is C17H25NO. The first-order valence-corrected chi connectivity index (χ1v) is 7.44. The van der Waals surface area contributed by atoms with Gasteiger partial charge in [-0.1, -0.05) is 51.3 Å². The number of hydrogen-bond acceptors (Lipinski definition) is 2. The first-order valence-electron chi connectivity index (χ1n) is 7.44. The molecule has 2 rings (SSSR count). The van der Waals surface area contributed by atoms with Crippen LogP contribution in [0.1, 0.15) is 61.9 Å². The fourth-order valence-corrected chi connectivity index (χ4v) is 3.01. The van der Waals surface area contributed by atoms with Crippen LogP contribution in [0.25, 0.3) is 0 Å². The Labute approximate surface area is 116 Å². The predicted molar refractivity (Wildman–Crippen MR) is 79.3 cm³/mol. The van der Waals surface area contributed by atoms with E-state index < -0.39 is 5.54 Å². The van der Waals surface area contributed by atoms with Crippen LogP contribution in [-0.4, -0.2) is 11.3 Å². The zero-order chi connectivity index (χ0) is 13.9. The van der Waals surface area contributed by atoms with Crippen LogP contribution in [-0.2, 0) is 6.42 Å². The summed E-state index contributed by atoms with van der Waals surface area (Å²) in [7, 11) is 0. The van der Waals surface area contributed by atoms with Crippen molar-refractivity contribution in [3.05, 3.63) is 35.4 Å². The Balaban J connectivity index is 2.18. The van der Waals surface area contributed by atoms with Crippen molar-refractivity contribution in [2.24, 2.45) is 11.7 Å². The van der Waals surface area contributed by atoms with Crippen LogP contribution in [0.3, 0.4) is 0 Å². The van der Waals surface area contributed by atoms with Crippen molar-refractivity contribution in [1.82, 2.24) is 0 Å². The van der Waals surface area contributed by atoms with Crippen molar-refractivity contribution in [3.8, 4) is 0 Å². The SMILES string of the molecule is CC(C)Cc1cccc(C(=O)C2(N)CCCCC2)c1. The third-order valence-electron chi connectivity index (χ3n) is 4.03. The summed E-state index contributed by atoms with van der Waals surface area (Å²) in [4.78, 5) is 12.6. The second-order valence-corrected chi connectivity index (χ2v) is 6.34. The van der Waals surface area contributed by atoms with Crippen molar-refractivity contribution in [2.45, 2.75) is 57.9 Å². The molecule has 0 radical (unpaired) electrons. The van der Waals surface area contributed by atoms with Gasteiger partial charge >= 0.3 is 0 Å². The first-order chi connectivity index (χ1) is 9.01. The summed E-state index contributed by atoms with van der Waals surface area (Å²) in [6.07, 6.45) is 6.04. The van der Waals surface area contributed by atoms with Gasteiger partial charge in [-0.3, -0.25) is 4.79 Å². The second-order valence-electron chi connectivity index (χ2n) is 6.34. The molecule has 104 valence electrons. The lowest BCUT2D eigenvalue weighted by atomic mass is 9.77. The van der Waals surface area contributed by atoms with E-state index in [1.54, 1.807) is 0 Å². The number of nitrogens with two attached hydrogens (primary N) is 1. The van der Waals surface area contributed by atoms with Crippen LogP contribution >= 0.6 is 0 Å². The van der Waals surface area contributed by atoms with Gasteiger partial charge < -0.3 is 5.73 Å². The van der Waals surface area contributed by atoms with Crippen LogP contribution in [0.4, 0.5) is 0 Å². The standard InChI is InChI=1S/C17H25NO/c1-13(2)11-14-7-6-8-15(12-14)16(19)17(18)9-4-3-5-10-17/h6-8,12-13H,3-5,9-11,18H2,1-2H3. The minimum atomic E-state index is -0.616. The average molecular weight is 259 g/mol. The monoisotopic (exact) mass is 259 g/mol. The number of hydrogen-bond donors (Lipinski definition) is 1. The summed E-state index contributed by atoms with van der Waals surface area (Å²) >= 11 is 0. The van der Waals surface area contributed by atoms with Gasteiger partial charge in [0.2, 0.25) is 0 Å². The van der Waals surface area contributed by atoms with E-state index in [1.807, 2.05) is 18.2 Å². The maximum atomic E-state index is 12.6. The van der Waals surface area contributed by atoms with Gasteiger partial charge in [0.05, 0.1) is 5.54 Å². The number of Topliss-reactive ketones (excluding diaryl/α,β-unsaturated/α-hetero) is 1. The Hall–Kier alpha value is -1.15. The molecule has 0 unspecified atom stereocenters. The molecule has 0 bridgehead atoms. The molecule has 1 aliphatic rings.